The maximum absolute atomic E-state index is 12.3. The van der Waals surface area contributed by atoms with E-state index < -0.39 is 10.2 Å². The van der Waals surface area contributed by atoms with Crippen LogP contribution in [0.4, 0.5) is 17.1 Å². The molecule has 0 spiro atoms. The molecule has 0 radical (unpaired) electrons. The lowest BCUT2D eigenvalue weighted by molar-refractivity contribution is -0.384. The maximum Gasteiger partial charge on any atom is 0.271 e. The van der Waals surface area contributed by atoms with Gasteiger partial charge in [-0.3, -0.25) is 19.7 Å². The number of benzene rings is 2. The number of nitro benzene ring substituents is 1. The first-order valence-electron chi connectivity index (χ1n) is 7.55. The van der Waals surface area contributed by atoms with Crippen LogP contribution < -0.4 is 10.6 Å². The number of carbonyl (C=O) groups is 2. The fourth-order valence-corrected chi connectivity index (χ4v) is 3.57. The van der Waals surface area contributed by atoms with Gasteiger partial charge in [0.25, 0.3) is 5.69 Å². The van der Waals surface area contributed by atoms with Crippen LogP contribution in [0.15, 0.2) is 47.4 Å². The lowest BCUT2D eigenvalue weighted by Crippen LogP contribution is -2.32. The monoisotopic (exact) mass is 357 g/mol. The molecule has 0 aliphatic carbocycles. The van der Waals surface area contributed by atoms with Crippen molar-refractivity contribution in [2.24, 2.45) is 0 Å². The second-order valence-electron chi connectivity index (χ2n) is 5.60. The molecule has 0 saturated carbocycles. The summed E-state index contributed by atoms with van der Waals surface area (Å²) < 4.78 is 0. The number of fused-ring (bicyclic) bond motifs is 1. The zero-order chi connectivity index (χ0) is 18.0. The van der Waals surface area contributed by atoms with Crippen LogP contribution in [0.2, 0.25) is 0 Å². The number of para-hydroxylation sites is 1. The highest BCUT2D eigenvalue weighted by atomic mass is 32.2. The quantitative estimate of drug-likeness (QED) is 0.645. The van der Waals surface area contributed by atoms with Crippen molar-refractivity contribution >= 4 is 40.6 Å². The van der Waals surface area contributed by atoms with Crippen molar-refractivity contribution in [2.75, 3.05) is 10.6 Å². The Bertz CT molecular complexity index is 869. The number of nitro groups is 1. The molecule has 2 aromatic rings. The molecule has 1 heterocycles. The normalized spacial score (nSPS) is 15.9. The lowest BCUT2D eigenvalue weighted by atomic mass is 10.1. The molecule has 128 valence electrons. The summed E-state index contributed by atoms with van der Waals surface area (Å²) in [5, 5.41) is 15.8. The van der Waals surface area contributed by atoms with Crippen molar-refractivity contribution in [1.29, 1.82) is 0 Å². The molecular weight excluding hydrogens is 342 g/mol. The molecule has 25 heavy (non-hydrogen) atoms. The van der Waals surface area contributed by atoms with Crippen LogP contribution in [0.25, 0.3) is 0 Å². The van der Waals surface area contributed by atoms with Gasteiger partial charge in [0.2, 0.25) is 11.8 Å². The fraction of sp³-hybridized carbons (Fsp3) is 0.176. The van der Waals surface area contributed by atoms with Crippen LogP contribution in [0.5, 0.6) is 0 Å². The number of non-ortho nitro benzene ring substituents is 1. The number of amides is 2. The zero-order valence-corrected chi connectivity index (χ0v) is 14.1. The summed E-state index contributed by atoms with van der Waals surface area (Å²) in [7, 11) is 0. The van der Waals surface area contributed by atoms with E-state index in [0.29, 0.717) is 11.3 Å². The highest BCUT2D eigenvalue weighted by molar-refractivity contribution is 8.01. The average molecular weight is 357 g/mol. The molecule has 0 aromatic heterocycles. The Hall–Kier alpha value is -2.87. The van der Waals surface area contributed by atoms with E-state index in [0.717, 1.165) is 10.6 Å². The Morgan fingerprint density at radius 2 is 2.08 bits per heavy atom. The number of aryl methyl sites for hydroxylation is 1. The van der Waals surface area contributed by atoms with Crippen LogP contribution in [0, 0.1) is 17.0 Å². The van der Waals surface area contributed by atoms with Crippen LogP contribution in [0.1, 0.15) is 12.0 Å². The smallest absolute Gasteiger partial charge is 0.271 e. The van der Waals surface area contributed by atoms with Gasteiger partial charge >= 0.3 is 0 Å². The van der Waals surface area contributed by atoms with Gasteiger partial charge in [0, 0.05) is 23.4 Å². The molecule has 1 aliphatic rings. The second-order valence-corrected chi connectivity index (χ2v) is 6.85. The molecule has 0 fully saturated rings. The molecule has 1 unspecified atom stereocenters. The van der Waals surface area contributed by atoms with Crippen molar-refractivity contribution in [3.05, 3.63) is 58.1 Å². The molecular formula is C17H15N3O4S. The second kappa shape index (κ2) is 6.94. The number of carbonyl (C=O) groups excluding carboxylic acids is 2. The number of rotatable bonds is 4. The molecule has 2 aromatic carbocycles. The largest absolute Gasteiger partial charge is 0.326 e. The van der Waals surface area contributed by atoms with Gasteiger partial charge in [0.15, 0.2) is 0 Å². The minimum Gasteiger partial charge on any atom is -0.326 e. The first-order valence-corrected chi connectivity index (χ1v) is 8.43. The van der Waals surface area contributed by atoms with Gasteiger partial charge in [-0.25, -0.2) is 0 Å². The molecule has 0 bridgehead atoms. The number of nitrogens with one attached hydrogen (secondary N) is 2. The molecule has 3 rings (SSSR count). The summed E-state index contributed by atoms with van der Waals surface area (Å²) in [6.07, 6.45) is -0.0209. The molecule has 8 heteroatoms. The van der Waals surface area contributed by atoms with Gasteiger partial charge < -0.3 is 10.6 Å². The number of thioether (sulfide) groups is 1. The first kappa shape index (κ1) is 17.0. The molecule has 0 saturated heterocycles. The fourth-order valence-electron chi connectivity index (χ4n) is 2.45. The number of nitrogens with zero attached hydrogens (tertiary/aromatic N) is 1. The van der Waals surface area contributed by atoms with Crippen LogP contribution in [-0.4, -0.2) is 22.0 Å². The minimum atomic E-state index is -0.547. The standard InChI is InChI=1S/C17H15N3O4S/c1-10-6-7-11(20(23)24)8-13(10)18-16(21)9-15-17(22)19-12-4-2-3-5-14(12)25-15/h2-8,15H,9H2,1H3,(H,18,21)(H,19,22). The Kier molecular flexibility index (Phi) is 4.71. The van der Waals surface area contributed by atoms with Crippen molar-refractivity contribution in [1.82, 2.24) is 0 Å². The Balaban J connectivity index is 1.70. The first-order chi connectivity index (χ1) is 11.9. The minimum absolute atomic E-state index is 0.0209. The Morgan fingerprint density at radius 3 is 2.84 bits per heavy atom. The summed E-state index contributed by atoms with van der Waals surface area (Å²) in [5.41, 5.74) is 1.73. The van der Waals surface area contributed by atoms with E-state index in [-0.39, 0.29) is 23.9 Å². The van der Waals surface area contributed by atoms with E-state index in [9.17, 15) is 19.7 Å². The molecule has 1 aliphatic heterocycles. The van der Waals surface area contributed by atoms with E-state index >= 15 is 0 Å². The van der Waals surface area contributed by atoms with Crippen molar-refractivity contribution in [2.45, 2.75) is 23.5 Å². The Labute approximate surface area is 148 Å². The van der Waals surface area contributed by atoms with Gasteiger partial charge in [-0.1, -0.05) is 18.2 Å². The van der Waals surface area contributed by atoms with Gasteiger partial charge in [-0.05, 0) is 24.6 Å². The van der Waals surface area contributed by atoms with E-state index in [2.05, 4.69) is 10.6 Å². The Morgan fingerprint density at radius 1 is 1.32 bits per heavy atom. The summed E-state index contributed by atoms with van der Waals surface area (Å²) in [4.78, 5) is 35.7. The summed E-state index contributed by atoms with van der Waals surface area (Å²) >= 11 is 1.34. The van der Waals surface area contributed by atoms with E-state index in [4.69, 9.17) is 0 Å². The third kappa shape index (κ3) is 3.80. The van der Waals surface area contributed by atoms with Gasteiger partial charge in [0.1, 0.15) is 0 Å². The number of hydrogen-bond donors (Lipinski definition) is 2. The molecule has 2 N–H and O–H groups in total. The number of hydrogen-bond acceptors (Lipinski definition) is 5. The predicted molar refractivity (Wildman–Crippen MR) is 95.8 cm³/mol. The molecule has 2 amide bonds. The summed E-state index contributed by atoms with van der Waals surface area (Å²) in [5.74, 6) is -0.592. The molecule has 7 nitrogen and oxygen atoms in total. The van der Waals surface area contributed by atoms with E-state index in [1.807, 2.05) is 24.3 Å². The highest BCUT2D eigenvalue weighted by Gasteiger charge is 2.29. The summed E-state index contributed by atoms with van der Waals surface area (Å²) in [6.45, 7) is 1.75. The predicted octanol–water partition coefficient (Wildman–Crippen LogP) is 3.34. The van der Waals surface area contributed by atoms with Gasteiger partial charge in [-0.15, -0.1) is 11.8 Å². The van der Waals surface area contributed by atoms with Crippen molar-refractivity contribution in [3.63, 3.8) is 0 Å². The summed E-state index contributed by atoms with van der Waals surface area (Å²) in [6, 6.07) is 11.7. The molecule has 1 atom stereocenters. The zero-order valence-electron chi connectivity index (χ0n) is 13.3. The van der Waals surface area contributed by atoms with E-state index in [1.165, 1.54) is 23.9 Å². The van der Waals surface area contributed by atoms with Crippen LogP contribution in [0.3, 0.4) is 0 Å². The van der Waals surface area contributed by atoms with Crippen molar-refractivity contribution < 1.29 is 14.5 Å². The highest BCUT2D eigenvalue weighted by Crippen LogP contribution is 2.36. The third-order valence-corrected chi connectivity index (χ3v) is 5.06. The van der Waals surface area contributed by atoms with Crippen LogP contribution in [-0.2, 0) is 9.59 Å². The number of anilines is 2. The van der Waals surface area contributed by atoms with Crippen LogP contribution >= 0.6 is 11.8 Å². The third-order valence-electron chi connectivity index (χ3n) is 3.78. The average Bonchev–Trinajstić information content (AvgIpc) is 2.57. The SMILES string of the molecule is Cc1ccc([N+](=O)[O-])cc1NC(=O)CC1Sc2ccccc2NC1=O. The maximum atomic E-state index is 12.3. The van der Waals surface area contributed by atoms with Crippen molar-refractivity contribution in [3.8, 4) is 0 Å². The lowest BCUT2D eigenvalue weighted by Gasteiger charge is -2.23. The van der Waals surface area contributed by atoms with Gasteiger partial charge in [-0.2, -0.15) is 0 Å². The topological polar surface area (TPSA) is 101 Å². The van der Waals surface area contributed by atoms with E-state index in [1.54, 1.807) is 13.0 Å². The van der Waals surface area contributed by atoms with Gasteiger partial charge in [0.05, 0.1) is 21.5 Å².